The van der Waals surface area contributed by atoms with Gasteiger partial charge in [-0.3, -0.25) is 4.79 Å². The van der Waals surface area contributed by atoms with Crippen LogP contribution in [0.3, 0.4) is 0 Å². The van der Waals surface area contributed by atoms with Crippen LogP contribution >= 0.6 is 86.3 Å². The number of nitrogens with two attached hydrogens (primary N) is 1. The van der Waals surface area contributed by atoms with E-state index in [-0.39, 0.29) is 36.6 Å². The van der Waals surface area contributed by atoms with E-state index >= 15 is 0 Å². The van der Waals surface area contributed by atoms with Gasteiger partial charge in [0.25, 0.3) is 0 Å². The Balaban J connectivity index is 0.000000357. The van der Waals surface area contributed by atoms with Gasteiger partial charge in [-0.25, -0.2) is 33.2 Å². The summed E-state index contributed by atoms with van der Waals surface area (Å²) >= 11 is 15.3. The molecular weight excluding hydrogens is 1520 g/mol. The molecule has 21 nitrogen and oxygen atoms in total. The number of carboxylic acid groups (broad SMARTS) is 6. The van der Waals surface area contributed by atoms with Gasteiger partial charge >= 0.3 is 35.8 Å². The maximum atomic E-state index is 12.5. The molecule has 3 unspecified atom stereocenters. The third-order valence-electron chi connectivity index (χ3n) is 10.7. The standard InChI is InChI=1S/C11H12BrNO4.C11H11BrO3.C11H13BrO3.C9H9BrO3.C9H10FNO3.C9H9IO3/c1-7(14)13-6-10(11(15)16)17-9-4-2-8(12)3-5-9;12-8-3-5-9(6-4-8)15-10(11(13)14)7-1-2-7;1-7(2)10(11(13)14)15-9-5-3-8(12)4-6-9;1-6(9(11)12)13-8-4-2-7(10)3-5-8;10-6-1-3-7(4-2-6)14-8(5-11)9(12)13;1-6(9(11)12)13-8-4-2-7(10)3-5-8/h2-5,10H,6H2,1H3,(H,13,14)(H,15,16);3-7,10H,1-2H2,(H,13,14);3-7,10H,1-2H3,(H,13,14);2-6H,1H3,(H,11,12);1-4,8H,5,11H2,(H,12,13);2-6H,1H3,(H,11,12)/t;;10-;6-;;6-/m..00.0/s1. The number of benzene rings is 6. The largest absolute Gasteiger partial charge is 0.479 e. The number of nitrogens with one attached hydrogen (secondary N) is 1. The highest BCUT2D eigenvalue weighted by molar-refractivity contribution is 14.1. The molecule has 0 heterocycles. The molecular formula is C60H64Br4FIN2O19. The third kappa shape index (κ3) is 33.0. The molecule has 0 saturated heterocycles. The van der Waals surface area contributed by atoms with Crippen molar-refractivity contribution in [1.82, 2.24) is 5.32 Å². The van der Waals surface area contributed by atoms with Crippen LogP contribution in [0, 0.1) is 21.2 Å². The second kappa shape index (κ2) is 40.4. The van der Waals surface area contributed by atoms with Gasteiger partial charge in [-0.1, -0.05) is 77.6 Å². The van der Waals surface area contributed by atoms with E-state index in [1.807, 2.05) is 50.2 Å². The van der Waals surface area contributed by atoms with E-state index in [0.717, 1.165) is 34.3 Å². The summed E-state index contributed by atoms with van der Waals surface area (Å²) in [4.78, 5) is 74.8. The minimum absolute atomic E-state index is 0.0638. The van der Waals surface area contributed by atoms with E-state index in [0.29, 0.717) is 28.7 Å². The first kappa shape index (κ1) is 76.0. The van der Waals surface area contributed by atoms with Crippen LogP contribution in [0.15, 0.2) is 163 Å². The van der Waals surface area contributed by atoms with Crippen LogP contribution in [-0.4, -0.2) is 122 Å². The van der Waals surface area contributed by atoms with E-state index in [4.69, 9.17) is 64.8 Å². The van der Waals surface area contributed by atoms with Gasteiger partial charge in [-0.15, -0.1) is 0 Å². The Bertz CT molecular complexity index is 2950. The van der Waals surface area contributed by atoms with E-state index in [9.17, 15) is 38.0 Å². The number of carbonyl (C=O) groups is 7. The zero-order valence-corrected chi connectivity index (χ0v) is 55.6. The third-order valence-corrected chi connectivity index (χ3v) is 13.6. The number of carbonyl (C=O) groups excluding carboxylic acids is 1. The number of hydrogen-bond acceptors (Lipinski definition) is 14. The quantitative estimate of drug-likeness (QED) is 0.0276. The first-order valence-electron chi connectivity index (χ1n) is 25.8. The number of amides is 1. The fourth-order valence-corrected chi connectivity index (χ4v) is 7.46. The molecule has 1 saturated carbocycles. The van der Waals surface area contributed by atoms with E-state index < -0.39 is 78.3 Å². The summed E-state index contributed by atoms with van der Waals surface area (Å²) in [6, 6.07) is 40.4. The monoisotopic (exact) mass is 1580 g/mol. The molecule has 0 aromatic heterocycles. The van der Waals surface area contributed by atoms with Crippen molar-refractivity contribution in [2.45, 2.75) is 84.1 Å². The summed E-state index contributed by atoms with van der Waals surface area (Å²) in [6.45, 7) is 7.74. The normalized spacial score (nSPS) is 13.0. The molecule has 470 valence electrons. The lowest BCUT2D eigenvalue weighted by atomic mass is 10.1. The zero-order valence-electron chi connectivity index (χ0n) is 47.1. The molecule has 6 aromatic rings. The summed E-state index contributed by atoms with van der Waals surface area (Å²) in [5.74, 6) is -3.56. The van der Waals surface area contributed by atoms with Gasteiger partial charge < -0.3 is 70.1 Å². The van der Waals surface area contributed by atoms with Gasteiger partial charge in [-0.2, -0.15) is 0 Å². The lowest BCUT2D eigenvalue weighted by Gasteiger charge is -2.18. The van der Waals surface area contributed by atoms with Crippen molar-refractivity contribution in [3.63, 3.8) is 0 Å². The van der Waals surface area contributed by atoms with E-state index in [2.05, 4.69) is 91.6 Å². The number of rotatable bonds is 23. The lowest BCUT2D eigenvalue weighted by Crippen LogP contribution is -2.39. The minimum atomic E-state index is -1.14. The fourth-order valence-electron chi connectivity index (χ4n) is 6.04. The summed E-state index contributed by atoms with van der Waals surface area (Å²) in [5.41, 5.74) is 5.17. The molecule has 87 heavy (non-hydrogen) atoms. The number of ether oxygens (including phenoxy) is 6. The highest BCUT2D eigenvalue weighted by atomic mass is 127. The average Bonchev–Trinajstić information content (AvgIpc) is 4.45. The second-order valence-electron chi connectivity index (χ2n) is 18.3. The fraction of sp³-hybridized carbons (Fsp3) is 0.283. The predicted octanol–water partition coefficient (Wildman–Crippen LogP) is 12.1. The Morgan fingerprint density at radius 3 is 1.10 bits per heavy atom. The van der Waals surface area contributed by atoms with Gasteiger partial charge in [0.15, 0.2) is 24.4 Å². The number of aliphatic carboxylic acids is 6. The average molecular weight is 1580 g/mol. The maximum absolute atomic E-state index is 12.5. The van der Waals surface area contributed by atoms with Crippen LogP contribution in [-0.2, 0) is 33.6 Å². The predicted molar refractivity (Wildman–Crippen MR) is 341 cm³/mol. The number of hydrogen-bond donors (Lipinski definition) is 8. The maximum Gasteiger partial charge on any atom is 0.346 e. The molecule has 0 aliphatic heterocycles. The molecule has 7 rings (SSSR count). The zero-order chi connectivity index (χ0) is 65.3. The van der Waals surface area contributed by atoms with E-state index in [1.54, 1.807) is 84.9 Å². The molecule has 9 N–H and O–H groups in total. The van der Waals surface area contributed by atoms with Gasteiger partial charge in [0.1, 0.15) is 40.3 Å². The number of halogens is 6. The van der Waals surface area contributed by atoms with Crippen molar-refractivity contribution >= 4 is 128 Å². The molecule has 27 heteroatoms. The van der Waals surface area contributed by atoms with Crippen molar-refractivity contribution in [2.75, 3.05) is 13.1 Å². The number of carboxylic acids is 6. The van der Waals surface area contributed by atoms with Gasteiger partial charge in [0, 0.05) is 46.8 Å². The Kier molecular flexibility index (Phi) is 35.3. The van der Waals surface area contributed by atoms with Crippen LogP contribution in [0.25, 0.3) is 0 Å². The SMILES string of the molecule is CC(=O)NCC(Oc1ccc(Br)cc1)C(=O)O.CC(C)[C@H](Oc1ccc(Br)cc1)C(=O)O.C[C@H](Oc1ccc(Br)cc1)C(=O)O.C[C@H](Oc1ccc(I)cc1)C(=O)O.NCC(Oc1ccc(F)cc1)C(=O)O.O=C(O)C(Oc1ccc(Br)cc1)C1CC1. The molecule has 1 amide bonds. The van der Waals surface area contributed by atoms with Crippen molar-refractivity contribution in [2.24, 2.45) is 17.6 Å². The smallest absolute Gasteiger partial charge is 0.346 e. The molecule has 1 fully saturated rings. The van der Waals surface area contributed by atoms with Crippen molar-refractivity contribution in [1.29, 1.82) is 0 Å². The van der Waals surface area contributed by atoms with E-state index in [1.165, 1.54) is 45.0 Å². The Morgan fingerprint density at radius 2 is 0.805 bits per heavy atom. The second-order valence-corrected chi connectivity index (χ2v) is 23.2. The first-order chi connectivity index (χ1) is 41.0. The van der Waals surface area contributed by atoms with Crippen molar-refractivity contribution in [3.8, 4) is 34.5 Å². The Labute approximate surface area is 548 Å². The summed E-state index contributed by atoms with van der Waals surface area (Å²) < 4.78 is 48.5. The summed E-state index contributed by atoms with van der Waals surface area (Å²) in [6.07, 6.45) is -3.40. The highest BCUT2D eigenvalue weighted by Gasteiger charge is 2.38. The minimum Gasteiger partial charge on any atom is -0.479 e. The topological polar surface area (TPSA) is 334 Å². The first-order valence-corrected chi connectivity index (χ1v) is 30.1. The Morgan fingerprint density at radius 1 is 0.483 bits per heavy atom. The van der Waals surface area contributed by atoms with Crippen LogP contribution in [0.2, 0.25) is 0 Å². The molecule has 6 atom stereocenters. The van der Waals surface area contributed by atoms with Crippen LogP contribution in [0.4, 0.5) is 4.39 Å². The molecule has 1 aliphatic rings. The van der Waals surface area contributed by atoms with Gasteiger partial charge in [0.05, 0.1) is 6.54 Å². The Hall–Kier alpha value is -7.05. The molecule has 0 bridgehead atoms. The van der Waals surface area contributed by atoms with Crippen LogP contribution in [0.1, 0.15) is 47.5 Å². The molecule has 0 spiro atoms. The van der Waals surface area contributed by atoms with Crippen LogP contribution < -0.4 is 39.5 Å². The molecule has 6 aromatic carbocycles. The van der Waals surface area contributed by atoms with Gasteiger partial charge in [0.2, 0.25) is 18.1 Å². The van der Waals surface area contributed by atoms with Crippen molar-refractivity contribution < 1.29 is 97.0 Å². The van der Waals surface area contributed by atoms with Gasteiger partial charge in [-0.05, 0) is 195 Å². The lowest BCUT2D eigenvalue weighted by molar-refractivity contribution is -0.147. The molecule has 0 radical (unpaired) electrons. The summed E-state index contributed by atoms with van der Waals surface area (Å²) in [7, 11) is 0. The molecule has 1 aliphatic carbocycles. The van der Waals surface area contributed by atoms with Crippen LogP contribution in [0.5, 0.6) is 34.5 Å². The highest BCUT2D eigenvalue weighted by Crippen LogP contribution is 2.35. The summed E-state index contributed by atoms with van der Waals surface area (Å²) in [5, 5.41) is 55.0. The van der Waals surface area contributed by atoms with Crippen molar-refractivity contribution in [3.05, 3.63) is 173 Å².